The van der Waals surface area contributed by atoms with Gasteiger partial charge in [-0.25, -0.2) is 0 Å². The summed E-state index contributed by atoms with van der Waals surface area (Å²) in [5, 5.41) is 8.46. The van der Waals surface area contributed by atoms with E-state index in [1.807, 2.05) is 13.8 Å². The molecule has 0 aromatic heterocycles. The molecule has 9 heavy (non-hydrogen) atoms. The van der Waals surface area contributed by atoms with E-state index in [2.05, 4.69) is 0 Å². The summed E-state index contributed by atoms with van der Waals surface area (Å²) in [6, 6.07) is 1.70. The summed E-state index contributed by atoms with van der Waals surface area (Å²) >= 11 is 0. The van der Waals surface area contributed by atoms with Gasteiger partial charge in [0, 0.05) is 6.61 Å². The quantitative estimate of drug-likeness (QED) is 0.479. The van der Waals surface area contributed by atoms with Crippen molar-refractivity contribution in [3.05, 3.63) is 0 Å². The molecule has 0 aromatic rings. The maximum absolute atomic E-state index is 13.2. The second kappa shape index (κ2) is 4.01. The minimum atomic E-state index is -2.45. The highest BCUT2D eigenvalue weighted by molar-refractivity contribution is 6.73. The van der Waals surface area contributed by atoms with Gasteiger partial charge in [0.05, 0.1) is 0 Å². The van der Waals surface area contributed by atoms with Gasteiger partial charge in [0.25, 0.3) is 0 Å². The van der Waals surface area contributed by atoms with Crippen LogP contribution in [0, 0.1) is 0 Å². The molecule has 0 heterocycles. The van der Waals surface area contributed by atoms with Gasteiger partial charge < -0.3 is 9.21 Å². The molecule has 1 N–H and O–H groups in total. The predicted molar refractivity (Wildman–Crippen MR) is 39.7 cm³/mol. The van der Waals surface area contributed by atoms with Gasteiger partial charge in [-0.1, -0.05) is 13.8 Å². The number of hydrogen-bond acceptors (Lipinski definition) is 1. The Bertz CT molecular complexity index is 73.5. The molecule has 0 amide bonds. The molecule has 56 valence electrons. The van der Waals surface area contributed by atoms with Gasteiger partial charge in [-0.05, 0) is 18.1 Å². The topological polar surface area (TPSA) is 20.2 Å². The lowest BCUT2D eigenvalue weighted by Crippen LogP contribution is -2.26. The molecule has 0 saturated heterocycles. The Morgan fingerprint density at radius 2 is 1.78 bits per heavy atom. The van der Waals surface area contributed by atoms with Crippen molar-refractivity contribution < 1.29 is 9.21 Å². The second-order valence-electron chi connectivity index (χ2n) is 2.33. The van der Waals surface area contributed by atoms with Gasteiger partial charge in [-0.3, -0.25) is 0 Å². The number of aliphatic hydroxyl groups is 1. The lowest BCUT2D eigenvalue weighted by atomic mass is 10.9. The van der Waals surface area contributed by atoms with Crippen molar-refractivity contribution in [2.45, 2.75) is 32.0 Å². The SMILES string of the molecule is CC[Si](F)(CC)CCO. The van der Waals surface area contributed by atoms with E-state index in [4.69, 9.17) is 5.11 Å². The summed E-state index contributed by atoms with van der Waals surface area (Å²) in [6.07, 6.45) is 0. The molecule has 0 radical (unpaired) electrons. The molecule has 0 aliphatic rings. The van der Waals surface area contributed by atoms with Gasteiger partial charge in [0.15, 0.2) is 0 Å². The first-order chi connectivity index (χ1) is 4.18. The Morgan fingerprint density at radius 3 is 1.89 bits per heavy atom. The maximum Gasteiger partial charge on any atom is 0.248 e. The molecular weight excluding hydrogens is 135 g/mol. The monoisotopic (exact) mass is 150 g/mol. The first-order valence-electron chi connectivity index (χ1n) is 3.48. The second-order valence-corrected chi connectivity index (χ2v) is 6.55. The third-order valence-corrected chi connectivity index (χ3v) is 5.48. The standard InChI is InChI=1S/C6H15FOSi/c1-3-9(7,4-2)6-5-8/h8H,3-6H2,1-2H3. The van der Waals surface area contributed by atoms with Gasteiger partial charge in [-0.2, -0.15) is 0 Å². The Labute approximate surface area is 57.1 Å². The van der Waals surface area contributed by atoms with E-state index in [0.717, 1.165) is 0 Å². The molecule has 0 fully saturated rings. The highest BCUT2D eigenvalue weighted by Gasteiger charge is 2.28. The molecular formula is C6H15FOSi. The average Bonchev–Trinajstić information content (AvgIpc) is 1.89. The van der Waals surface area contributed by atoms with Crippen molar-refractivity contribution in [2.75, 3.05) is 6.61 Å². The molecule has 0 bridgehead atoms. The molecule has 0 saturated carbocycles. The molecule has 0 unspecified atom stereocenters. The zero-order chi connectivity index (χ0) is 7.33. The number of hydrogen-bond donors (Lipinski definition) is 1. The van der Waals surface area contributed by atoms with Crippen molar-refractivity contribution in [1.82, 2.24) is 0 Å². The summed E-state index contributed by atoms with van der Waals surface area (Å²) in [5.74, 6) is 0. The Hall–Kier alpha value is 0.107. The maximum atomic E-state index is 13.2. The molecule has 0 spiro atoms. The van der Waals surface area contributed by atoms with Crippen molar-refractivity contribution in [3.8, 4) is 0 Å². The van der Waals surface area contributed by atoms with E-state index in [1.54, 1.807) is 0 Å². The van der Waals surface area contributed by atoms with E-state index in [-0.39, 0.29) is 6.61 Å². The summed E-state index contributed by atoms with van der Waals surface area (Å²) in [7, 11) is -2.45. The van der Waals surface area contributed by atoms with E-state index < -0.39 is 8.41 Å². The Balaban J connectivity index is 3.62. The summed E-state index contributed by atoms with van der Waals surface area (Å²) in [6.45, 7) is 3.75. The zero-order valence-electron chi connectivity index (χ0n) is 6.15. The minimum Gasteiger partial charge on any atom is -0.397 e. The largest absolute Gasteiger partial charge is 0.397 e. The predicted octanol–water partition coefficient (Wildman–Crippen LogP) is 1.93. The zero-order valence-corrected chi connectivity index (χ0v) is 7.15. The molecule has 0 aliphatic carbocycles. The van der Waals surface area contributed by atoms with Crippen molar-refractivity contribution in [3.63, 3.8) is 0 Å². The summed E-state index contributed by atoms with van der Waals surface area (Å²) in [4.78, 5) is 0. The normalized spacial score (nSPS) is 12.0. The number of rotatable bonds is 4. The lowest BCUT2D eigenvalue weighted by Gasteiger charge is -2.16. The fourth-order valence-corrected chi connectivity index (χ4v) is 2.41. The van der Waals surface area contributed by atoms with Crippen molar-refractivity contribution in [1.29, 1.82) is 0 Å². The Kier molecular flexibility index (Phi) is 4.06. The van der Waals surface area contributed by atoms with Crippen molar-refractivity contribution in [2.24, 2.45) is 0 Å². The van der Waals surface area contributed by atoms with Crippen LogP contribution < -0.4 is 0 Å². The van der Waals surface area contributed by atoms with E-state index in [1.165, 1.54) is 0 Å². The van der Waals surface area contributed by atoms with Crippen LogP contribution in [0.15, 0.2) is 0 Å². The van der Waals surface area contributed by atoms with Gasteiger partial charge in [0.1, 0.15) is 0 Å². The third kappa shape index (κ3) is 2.96. The van der Waals surface area contributed by atoms with E-state index in [0.29, 0.717) is 18.1 Å². The van der Waals surface area contributed by atoms with Crippen LogP contribution in [0.1, 0.15) is 13.8 Å². The Morgan fingerprint density at radius 1 is 1.33 bits per heavy atom. The van der Waals surface area contributed by atoms with Crippen LogP contribution in [-0.2, 0) is 0 Å². The molecule has 1 nitrogen and oxygen atoms in total. The fourth-order valence-electron chi connectivity index (χ4n) is 0.804. The van der Waals surface area contributed by atoms with Crippen LogP contribution in [0.5, 0.6) is 0 Å². The van der Waals surface area contributed by atoms with Crippen molar-refractivity contribution >= 4 is 8.41 Å². The fraction of sp³-hybridized carbons (Fsp3) is 1.00. The minimum absolute atomic E-state index is 0.0183. The van der Waals surface area contributed by atoms with Crippen LogP contribution >= 0.6 is 0 Å². The molecule has 0 aromatic carbocycles. The molecule has 0 rings (SSSR count). The molecule has 0 aliphatic heterocycles. The van der Waals surface area contributed by atoms with Gasteiger partial charge >= 0.3 is 0 Å². The summed E-state index contributed by atoms with van der Waals surface area (Å²) in [5.41, 5.74) is 0. The van der Waals surface area contributed by atoms with Crippen LogP contribution in [0.3, 0.4) is 0 Å². The number of aliphatic hydroxyl groups excluding tert-OH is 1. The van der Waals surface area contributed by atoms with Crippen LogP contribution in [0.25, 0.3) is 0 Å². The van der Waals surface area contributed by atoms with Gasteiger partial charge in [0.2, 0.25) is 8.41 Å². The highest BCUT2D eigenvalue weighted by Crippen LogP contribution is 2.20. The van der Waals surface area contributed by atoms with Crippen LogP contribution in [-0.4, -0.2) is 20.1 Å². The molecule has 3 heteroatoms. The van der Waals surface area contributed by atoms with Gasteiger partial charge in [-0.15, -0.1) is 0 Å². The van der Waals surface area contributed by atoms with Crippen LogP contribution in [0.2, 0.25) is 18.1 Å². The third-order valence-electron chi connectivity index (χ3n) is 1.83. The average molecular weight is 150 g/mol. The van der Waals surface area contributed by atoms with E-state index >= 15 is 0 Å². The number of halogens is 1. The van der Waals surface area contributed by atoms with E-state index in [9.17, 15) is 4.11 Å². The highest BCUT2D eigenvalue weighted by atomic mass is 28.4. The first-order valence-corrected chi connectivity index (χ1v) is 5.98. The lowest BCUT2D eigenvalue weighted by molar-refractivity contribution is 0.313. The molecule has 0 atom stereocenters. The first kappa shape index (κ1) is 9.11. The smallest absolute Gasteiger partial charge is 0.248 e. The van der Waals surface area contributed by atoms with Crippen LogP contribution in [0.4, 0.5) is 4.11 Å². The summed E-state index contributed by atoms with van der Waals surface area (Å²) < 4.78 is 13.2.